The summed E-state index contributed by atoms with van der Waals surface area (Å²) in [5.74, 6) is 0.929. The summed E-state index contributed by atoms with van der Waals surface area (Å²) in [5.41, 5.74) is 11.2. The fourth-order valence-electron chi connectivity index (χ4n) is 5.33. The van der Waals surface area contributed by atoms with Gasteiger partial charge >= 0.3 is 0 Å². The molecular weight excluding hydrogens is 480 g/mol. The molecule has 202 valence electrons. The number of nitrogens with two attached hydrogens (primary N) is 1. The number of anilines is 2. The number of nitrogens with one attached hydrogen (secondary N) is 2. The van der Waals surface area contributed by atoms with Gasteiger partial charge in [0.2, 0.25) is 5.95 Å². The van der Waals surface area contributed by atoms with Crippen LogP contribution in [0.4, 0.5) is 11.8 Å². The number of aliphatic hydroxyl groups excluding tert-OH is 2. The van der Waals surface area contributed by atoms with Crippen molar-refractivity contribution in [2.75, 3.05) is 44.0 Å². The van der Waals surface area contributed by atoms with Crippen LogP contribution in [-0.2, 0) is 17.8 Å². The first-order valence-electron chi connectivity index (χ1n) is 13.4. The number of aliphatic hydroxyl groups is 2. The normalized spacial score (nSPS) is 15.6. The van der Waals surface area contributed by atoms with Crippen LogP contribution in [0.1, 0.15) is 37.3 Å². The van der Waals surface area contributed by atoms with Crippen molar-refractivity contribution in [3.05, 3.63) is 59.7 Å². The van der Waals surface area contributed by atoms with Gasteiger partial charge in [0.15, 0.2) is 5.82 Å². The Kier molecular flexibility index (Phi) is 8.09. The SMILES string of the molecule is CCC[C@@H](CCO)Nc1nc(N)nc2c3ccccc3n(Cc3cccc(CNCC4(CO)COC4)c3)c12. The topological polar surface area (TPSA) is 130 Å². The van der Waals surface area contributed by atoms with Gasteiger partial charge in [0.05, 0.1) is 30.8 Å². The first-order chi connectivity index (χ1) is 18.6. The van der Waals surface area contributed by atoms with Crippen molar-refractivity contribution in [1.29, 1.82) is 0 Å². The number of benzene rings is 2. The van der Waals surface area contributed by atoms with E-state index < -0.39 is 0 Å². The van der Waals surface area contributed by atoms with E-state index in [0.29, 0.717) is 32.0 Å². The van der Waals surface area contributed by atoms with Crippen molar-refractivity contribution in [3.63, 3.8) is 0 Å². The Bertz CT molecular complexity index is 1370. The molecule has 1 atom stereocenters. The number of fused-ring (bicyclic) bond motifs is 3. The molecule has 38 heavy (non-hydrogen) atoms. The lowest BCUT2D eigenvalue weighted by Crippen LogP contribution is -2.52. The van der Waals surface area contributed by atoms with Gasteiger partial charge in [-0.3, -0.25) is 0 Å². The van der Waals surface area contributed by atoms with E-state index in [-0.39, 0.29) is 30.6 Å². The molecule has 0 aliphatic carbocycles. The van der Waals surface area contributed by atoms with E-state index in [1.165, 1.54) is 11.1 Å². The summed E-state index contributed by atoms with van der Waals surface area (Å²) < 4.78 is 7.57. The minimum absolute atomic E-state index is 0.0895. The second-order valence-electron chi connectivity index (χ2n) is 10.4. The van der Waals surface area contributed by atoms with Crippen molar-refractivity contribution < 1.29 is 14.9 Å². The van der Waals surface area contributed by atoms with Crippen LogP contribution in [0.5, 0.6) is 0 Å². The standard InChI is InChI=1S/C29H38N6O3/c1-2-6-22(11-12-36)32-27-26-25(33-28(30)34-27)23-9-3-4-10-24(23)35(26)15-21-8-5-7-20(13-21)14-31-16-29(17-37)18-38-19-29/h3-5,7-10,13,22,31,36-37H,2,6,11-12,14-19H2,1H3,(H3,30,32,33,34)/t22-/m0/s1. The van der Waals surface area contributed by atoms with Crippen LogP contribution < -0.4 is 16.4 Å². The maximum atomic E-state index is 9.69. The summed E-state index contributed by atoms with van der Waals surface area (Å²) >= 11 is 0. The summed E-state index contributed by atoms with van der Waals surface area (Å²) in [6.45, 7) is 5.67. The fourth-order valence-corrected chi connectivity index (χ4v) is 5.33. The number of nitrogens with zero attached hydrogens (tertiary/aromatic N) is 3. The van der Waals surface area contributed by atoms with E-state index in [9.17, 15) is 10.2 Å². The first kappa shape index (κ1) is 26.4. The van der Waals surface area contributed by atoms with E-state index in [4.69, 9.17) is 10.5 Å². The molecule has 1 fully saturated rings. The molecule has 0 bridgehead atoms. The number of para-hydroxylation sites is 1. The van der Waals surface area contributed by atoms with Gasteiger partial charge in [-0.2, -0.15) is 4.98 Å². The Balaban J connectivity index is 1.47. The van der Waals surface area contributed by atoms with E-state index in [1.54, 1.807) is 0 Å². The van der Waals surface area contributed by atoms with Crippen molar-refractivity contribution in [2.45, 2.75) is 45.3 Å². The lowest BCUT2D eigenvalue weighted by molar-refractivity contribution is -0.134. The van der Waals surface area contributed by atoms with E-state index >= 15 is 0 Å². The minimum atomic E-state index is -0.155. The maximum Gasteiger partial charge on any atom is 0.222 e. The highest BCUT2D eigenvalue weighted by atomic mass is 16.5. The monoisotopic (exact) mass is 518 g/mol. The summed E-state index contributed by atoms with van der Waals surface area (Å²) in [6.07, 6.45) is 2.56. The first-order valence-corrected chi connectivity index (χ1v) is 13.4. The highest BCUT2D eigenvalue weighted by Crippen LogP contribution is 2.33. The van der Waals surface area contributed by atoms with Crippen LogP contribution in [0.3, 0.4) is 0 Å². The van der Waals surface area contributed by atoms with Gasteiger partial charge in [-0.05, 0) is 30.0 Å². The van der Waals surface area contributed by atoms with E-state index in [1.807, 2.05) is 12.1 Å². The highest BCUT2D eigenvalue weighted by Gasteiger charge is 2.37. The molecule has 1 aliphatic rings. The number of hydrogen-bond donors (Lipinski definition) is 5. The van der Waals surface area contributed by atoms with Gasteiger partial charge in [-0.25, -0.2) is 4.98 Å². The third-order valence-electron chi connectivity index (χ3n) is 7.39. The second kappa shape index (κ2) is 11.7. The Morgan fingerprint density at radius 1 is 1.08 bits per heavy atom. The molecule has 0 radical (unpaired) electrons. The minimum Gasteiger partial charge on any atom is -0.396 e. The maximum absolute atomic E-state index is 9.69. The predicted octanol–water partition coefficient (Wildman–Crippen LogP) is 3.28. The number of nitrogen functional groups attached to an aromatic ring is 1. The average molecular weight is 519 g/mol. The van der Waals surface area contributed by atoms with Crippen LogP contribution in [0, 0.1) is 5.41 Å². The lowest BCUT2D eigenvalue weighted by atomic mass is 9.87. The molecule has 6 N–H and O–H groups in total. The summed E-state index contributed by atoms with van der Waals surface area (Å²) in [7, 11) is 0. The Hall–Kier alpha value is -3.24. The molecule has 3 heterocycles. The molecule has 0 amide bonds. The van der Waals surface area contributed by atoms with Crippen molar-refractivity contribution in [3.8, 4) is 0 Å². The van der Waals surface area contributed by atoms with Crippen LogP contribution >= 0.6 is 0 Å². The largest absolute Gasteiger partial charge is 0.396 e. The number of aromatic nitrogens is 3. The summed E-state index contributed by atoms with van der Waals surface area (Å²) in [6, 6.07) is 16.9. The number of ether oxygens (including phenoxy) is 1. The fraction of sp³-hybridized carbons (Fsp3) is 0.448. The molecule has 9 heteroatoms. The second-order valence-corrected chi connectivity index (χ2v) is 10.4. The summed E-state index contributed by atoms with van der Waals surface area (Å²) in [4.78, 5) is 9.26. The Morgan fingerprint density at radius 2 is 1.89 bits per heavy atom. The quantitative estimate of drug-likeness (QED) is 0.182. The molecule has 1 saturated heterocycles. The molecule has 0 saturated carbocycles. The van der Waals surface area contributed by atoms with Gasteiger partial charge in [0, 0.05) is 37.7 Å². The van der Waals surface area contributed by atoms with Crippen LogP contribution in [0.25, 0.3) is 21.9 Å². The van der Waals surface area contributed by atoms with Gasteiger partial charge in [-0.15, -0.1) is 0 Å². The van der Waals surface area contributed by atoms with Crippen LogP contribution in [0.15, 0.2) is 48.5 Å². The predicted molar refractivity (Wildman–Crippen MR) is 151 cm³/mol. The molecule has 2 aromatic heterocycles. The third kappa shape index (κ3) is 5.47. The van der Waals surface area contributed by atoms with Crippen LogP contribution in [-0.4, -0.2) is 63.8 Å². The lowest BCUT2D eigenvalue weighted by Gasteiger charge is -2.40. The highest BCUT2D eigenvalue weighted by molar-refractivity contribution is 6.09. The Labute approximate surface area is 223 Å². The van der Waals surface area contributed by atoms with Crippen molar-refractivity contribution >= 4 is 33.7 Å². The van der Waals surface area contributed by atoms with Crippen LogP contribution in [0.2, 0.25) is 0 Å². The molecular formula is C29H38N6O3. The zero-order valence-electron chi connectivity index (χ0n) is 22.0. The molecule has 1 aliphatic heterocycles. The third-order valence-corrected chi connectivity index (χ3v) is 7.39. The van der Waals surface area contributed by atoms with Gasteiger partial charge in [0.25, 0.3) is 0 Å². The number of rotatable bonds is 13. The van der Waals surface area contributed by atoms with Crippen molar-refractivity contribution in [1.82, 2.24) is 19.9 Å². The Morgan fingerprint density at radius 3 is 2.63 bits per heavy atom. The van der Waals surface area contributed by atoms with Gasteiger partial charge in [-0.1, -0.05) is 55.8 Å². The molecule has 4 aromatic rings. The molecule has 0 spiro atoms. The van der Waals surface area contributed by atoms with Gasteiger partial charge < -0.3 is 35.9 Å². The smallest absolute Gasteiger partial charge is 0.222 e. The van der Waals surface area contributed by atoms with Gasteiger partial charge in [0.1, 0.15) is 11.0 Å². The molecule has 9 nitrogen and oxygen atoms in total. The van der Waals surface area contributed by atoms with E-state index in [2.05, 4.69) is 68.5 Å². The summed E-state index contributed by atoms with van der Waals surface area (Å²) in [5, 5.41) is 27.4. The average Bonchev–Trinajstić information content (AvgIpc) is 3.19. The number of hydrogen-bond acceptors (Lipinski definition) is 8. The molecule has 5 rings (SSSR count). The zero-order valence-corrected chi connectivity index (χ0v) is 22.0. The van der Waals surface area contributed by atoms with E-state index in [0.717, 1.165) is 47.9 Å². The molecule has 2 aromatic carbocycles. The zero-order chi connectivity index (χ0) is 26.5. The van der Waals surface area contributed by atoms with Crippen molar-refractivity contribution in [2.24, 2.45) is 5.41 Å². The molecule has 0 unspecified atom stereocenters.